The molecule has 0 radical (unpaired) electrons. The Morgan fingerprint density at radius 2 is 2.26 bits per heavy atom. The van der Waals surface area contributed by atoms with Crippen LogP contribution in [-0.2, 0) is 11.2 Å². The zero-order chi connectivity index (χ0) is 16.4. The number of halogens is 1. The van der Waals surface area contributed by atoms with Gasteiger partial charge in [0, 0.05) is 23.1 Å². The van der Waals surface area contributed by atoms with Gasteiger partial charge in [-0.05, 0) is 55.9 Å². The highest BCUT2D eigenvalue weighted by Crippen LogP contribution is 2.25. The average molecular weight is 318 g/mol. The van der Waals surface area contributed by atoms with Crippen molar-refractivity contribution in [2.75, 3.05) is 6.54 Å². The molecule has 2 aromatic rings. The zero-order valence-electron chi connectivity index (χ0n) is 13.4. The number of amides is 1. The molecule has 5 heteroatoms. The highest BCUT2D eigenvalue weighted by Gasteiger charge is 2.21. The van der Waals surface area contributed by atoms with E-state index in [1.165, 1.54) is 12.1 Å². The Hall–Kier alpha value is -1.88. The molecular formula is C18H23FN2O2. The molecule has 1 heterocycles. The molecule has 1 saturated carbocycles. The van der Waals surface area contributed by atoms with Crippen molar-refractivity contribution < 1.29 is 14.3 Å². The fraction of sp³-hybridized carbons (Fsp3) is 0.500. The van der Waals surface area contributed by atoms with Crippen molar-refractivity contribution in [1.82, 2.24) is 10.3 Å². The topological polar surface area (TPSA) is 65.1 Å². The van der Waals surface area contributed by atoms with Crippen molar-refractivity contribution in [3.05, 3.63) is 35.3 Å². The second-order valence-corrected chi connectivity index (χ2v) is 6.59. The Balaban J connectivity index is 1.63. The Bertz CT molecular complexity index is 710. The van der Waals surface area contributed by atoms with Gasteiger partial charge in [-0.1, -0.05) is 6.42 Å². The van der Waals surface area contributed by atoms with Crippen LogP contribution in [-0.4, -0.2) is 28.6 Å². The van der Waals surface area contributed by atoms with Gasteiger partial charge >= 0.3 is 0 Å². The van der Waals surface area contributed by atoms with Crippen molar-refractivity contribution in [1.29, 1.82) is 0 Å². The van der Waals surface area contributed by atoms with E-state index in [1.54, 1.807) is 6.07 Å². The maximum Gasteiger partial charge on any atom is 0.224 e. The van der Waals surface area contributed by atoms with Gasteiger partial charge in [-0.15, -0.1) is 0 Å². The van der Waals surface area contributed by atoms with Gasteiger partial charge in [0.05, 0.1) is 12.5 Å². The van der Waals surface area contributed by atoms with E-state index in [0.29, 0.717) is 12.5 Å². The van der Waals surface area contributed by atoms with E-state index in [-0.39, 0.29) is 24.2 Å². The van der Waals surface area contributed by atoms with E-state index in [9.17, 15) is 14.3 Å². The first kappa shape index (κ1) is 16.0. The average Bonchev–Trinajstić information content (AvgIpc) is 2.81. The van der Waals surface area contributed by atoms with E-state index in [2.05, 4.69) is 10.3 Å². The maximum atomic E-state index is 13.5. The summed E-state index contributed by atoms with van der Waals surface area (Å²) in [5.74, 6) is -0.00288. The number of rotatable bonds is 4. The molecule has 2 unspecified atom stereocenters. The first-order valence-electron chi connectivity index (χ1n) is 8.24. The Morgan fingerprint density at radius 1 is 1.43 bits per heavy atom. The zero-order valence-corrected chi connectivity index (χ0v) is 13.4. The number of hydrogen-bond donors (Lipinski definition) is 3. The van der Waals surface area contributed by atoms with E-state index < -0.39 is 0 Å². The molecule has 0 saturated heterocycles. The van der Waals surface area contributed by atoms with Crippen LogP contribution >= 0.6 is 0 Å². The van der Waals surface area contributed by atoms with Gasteiger partial charge in [-0.25, -0.2) is 4.39 Å². The van der Waals surface area contributed by atoms with Crippen molar-refractivity contribution in [2.24, 2.45) is 5.92 Å². The van der Waals surface area contributed by atoms with Gasteiger partial charge in [-0.3, -0.25) is 4.79 Å². The minimum Gasteiger partial charge on any atom is -0.393 e. The van der Waals surface area contributed by atoms with Gasteiger partial charge in [0.2, 0.25) is 5.91 Å². The molecule has 1 aliphatic rings. The van der Waals surface area contributed by atoms with Gasteiger partial charge < -0.3 is 15.4 Å². The molecule has 3 rings (SSSR count). The van der Waals surface area contributed by atoms with Crippen LogP contribution in [0.15, 0.2) is 18.2 Å². The van der Waals surface area contributed by atoms with Crippen LogP contribution < -0.4 is 5.32 Å². The van der Waals surface area contributed by atoms with Crippen LogP contribution in [0.25, 0.3) is 10.9 Å². The van der Waals surface area contributed by atoms with Crippen LogP contribution in [0.2, 0.25) is 0 Å². The molecule has 124 valence electrons. The smallest absolute Gasteiger partial charge is 0.224 e. The summed E-state index contributed by atoms with van der Waals surface area (Å²) in [6.07, 6.45) is 3.70. The molecule has 1 aliphatic carbocycles. The van der Waals surface area contributed by atoms with Crippen molar-refractivity contribution in [3.8, 4) is 0 Å². The van der Waals surface area contributed by atoms with Gasteiger partial charge in [0.25, 0.3) is 0 Å². The predicted molar refractivity (Wildman–Crippen MR) is 87.7 cm³/mol. The number of aromatic nitrogens is 1. The Labute approximate surface area is 135 Å². The largest absolute Gasteiger partial charge is 0.393 e. The number of benzene rings is 1. The highest BCUT2D eigenvalue weighted by atomic mass is 19.1. The van der Waals surface area contributed by atoms with E-state index in [1.807, 2.05) is 6.92 Å². The van der Waals surface area contributed by atoms with Gasteiger partial charge in [0.1, 0.15) is 5.82 Å². The summed E-state index contributed by atoms with van der Waals surface area (Å²) in [7, 11) is 0. The second kappa shape index (κ2) is 6.71. The number of hydrogen-bond acceptors (Lipinski definition) is 2. The maximum absolute atomic E-state index is 13.5. The summed E-state index contributed by atoms with van der Waals surface area (Å²) in [4.78, 5) is 15.4. The van der Waals surface area contributed by atoms with Gasteiger partial charge in [-0.2, -0.15) is 0 Å². The van der Waals surface area contributed by atoms with Crippen LogP contribution in [0.4, 0.5) is 4.39 Å². The molecule has 0 bridgehead atoms. The third-order valence-corrected chi connectivity index (χ3v) is 4.76. The third kappa shape index (κ3) is 3.72. The van der Waals surface area contributed by atoms with Crippen LogP contribution in [0.3, 0.4) is 0 Å². The number of aliphatic hydroxyl groups is 1. The third-order valence-electron chi connectivity index (χ3n) is 4.76. The highest BCUT2D eigenvalue weighted by molar-refractivity contribution is 5.90. The lowest BCUT2D eigenvalue weighted by Gasteiger charge is -2.25. The lowest BCUT2D eigenvalue weighted by molar-refractivity contribution is -0.120. The fourth-order valence-corrected chi connectivity index (χ4v) is 3.51. The minimum absolute atomic E-state index is 0.0571. The van der Waals surface area contributed by atoms with Crippen LogP contribution in [0.1, 0.15) is 36.9 Å². The van der Waals surface area contributed by atoms with E-state index in [0.717, 1.165) is 47.8 Å². The van der Waals surface area contributed by atoms with Crippen molar-refractivity contribution in [2.45, 2.75) is 45.1 Å². The molecular weight excluding hydrogens is 295 g/mol. The standard InChI is InChI=1S/C18H23FN2O2/c1-11-15(16-8-13(19)5-6-17(16)21-11)9-18(23)20-10-12-3-2-4-14(22)7-12/h5-6,8,12,14,21-22H,2-4,7,9-10H2,1H3,(H,20,23). The summed E-state index contributed by atoms with van der Waals surface area (Å²) < 4.78 is 13.5. The first-order chi connectivity index (χ1) is 11.0. The number of aryl methyl sites for hydroxylation is 1. The summed E-state index contributed by atoms with van der Waals surface area (Å²) >= 11 is 0. The van der Waals surface area contributed by atoms with Crippen molar-refractivity contribution in [3.63, 3.8) is 0 Å². The van der Waals surface area contributed by atoms with Crippen LogP contribution in [0.5, 0.6) is 0 Å². The molecule has 1 amide bonds. The fourth-order valence-electron chi connectivity index (χ4n) is 3.51. The number of aromatic amines is 1. The lowest BCUT2D eigenvalue weighted by Crippen LogP contribution is -2.33. The van der Waals surface area contributed by atoms with Crippen LogP contribution in [0, 0.1) is 18.7 Å². The van der Waals surface area contributed by atoms with E-state index >= 15 is 0 Å². The molecule has 4 nitrogen and oxygen atoms in total. The number of aliphatic hydroxyl groups excluding tert-OH is 1. The number of carbonyl (C=O) groups excluding carboxylic acids is 1. The minimum atomic E-state index is -0.297. The number of H-pyrrole nitrogens is 1. The number of fused-ring (bicyclic) bond motifs is 1. The van der Waals surface area contributed by atoms with Crippen molar-refractivity contribution >= 4 is 16.8 Å². The lowest BCUT2D eigenvalue weighted by atomic mass is 9.87. The summed E-state index contributed by atoms with van der Waals surface area (Å²) in [6.45, 7) is 2.50. The Morgan fingerprint density at radius 3 is 3.04 bits per heavy atom. The molecule has 3 N–H and O–H groups in total. The normalized spacial score (nSPS) is 21.5. The molecule has 0 aliphatic heterocycles. The molecule has 1 aromatic carbocycles. The Kier molecular flexibility index (Phi) is 4.66. The summed E-state index contributed by atoms with van der Waals surface area (Å²) in [5, 5.41) is 13.4. The summed E-state index contributed by atoms with van der Waals surface area (Å²) in [5.41, 5.74) is 2.59. The SMILES string of the molecule is Cc1[nH]c2ccc(F)cc2c1CC(=O)NCC1CCCC(O)C1. The molecule has 2 atom stereocenters. The molecule has 1 fully saturated rings. The molecule has 23 heavy (non-hydrogen) atoms. The monoisotopic (exact) mass is 318 g/mol. The van der Waals surface area contributed by atoms with E-state index in [4.69, 9.17) is 0 Å². The molecule has 0 spiro atoms. The number of nitrogens with one attached hydrogen (secondary N) is 2. The van der Waals surface area contributed by atoms with Gasteiger partial charge in [0.15, 0.2) is 0 Å². The predicted octanol–water partition coefficient (Wildman–Crippen LogP) is 2.83. The summed E-state index contributed by atoms with van der Waals surface area (Å²) in [6, 6.07) is 4.58. The second-order valence-electron chi connectivity index (χ2n) is 6.59. The molecule has 1 aromatic heterocycles. The first-order valence-corrected chi connectivity index (χ1v) is 8.24. The number of carbonyl (C=O) groups is 1. The quantitative estimate of drug-likeness (QED) is 0.811.